The first-order valence-corrected chi connectivity index (χ1v) is 7.92. The predicted octanol–water partition coefficient (Wildman–Crippen LogP) is 3.62. The summed E-state index contributed by atoms with van der Waals surface area (Å²) in [6.45, 7) is 2.04. The van der Waals surface area contributed by atoms with E-state index in [9.17, 15) is 9.18 Å². The van der Waals surface area contributed by atoms with Gasteiger partial charge in [0, 0.05) is 11.9 Å². The van der Waals surface area contributed by atoms with Crippen molar-refractivity contribution < 1.29 is 9.18 Å². The van der Waals surface area contributed by atoms with Gasteiger partial charge in [-0.25, -0.2) is 9.82 Å². The molecule has 0 fully saturated rings. The summed E-state index contributed by atoms with van der Waals surface area (Å²) < 4.78 is 14.8. The van der Waals surface area contributed by atoms with E-state index in [1.165, 1.54) is 17.7 Å². The molecular weight excluding hydrogens is 317 g/mol. The fourth-order valence-electron chi connectivity index (χ4n) is 2.51. The number of hydrazone groups is 1. The fourth-order valence-corrected chi connectivity index (χ4v) is 2.51. The van der Waals surface area contributed by atoms with Gasteiger partial charge in [0.05, 0.1) is 18.3 Å². The van der Waals surface area contributed by atoms with E-state index in [2.05, 4.69) is 16.6 Å². The van der Waals surface area contributed by atoms with Crippen molar-refractivity contribution in [2.24, 2.45) is 5.10 Å². The average Bonchev–Trinajstić information content (AvgIpc) is 3.05. The first-order valence-electron chi connectivity index (χ1n) is 7.92. The van der Waals surface area contributed by atoms with Crippen LogP contribution in [0.3, 0.4) is 0 Å². The molecule has 0 spiro atoms. The summed E-state index contributed by atoms with van der Waals surface area (Å²) in [7, 11) is 0. The summed E-state index contributed by atoms with van der Waals surface area (Å²) in [5, 5.41) is 4.02. The van der Waals surface area contributed by atoms with Gasteiger partial charge >= 0.3 is 0 Å². The van der Waals surface area contributed by atoms with Gasteiger partial charge in [-0.05, 0) is 54.4 Å². The Balaban J connectivity index is 1.64. The van der Waals surface area contributed by atoms with Crippen molar-refractivity contribution in [3.63, 3.8) is 0 Å². The number of benzene rings is 2. The van der Waals surface area contributed by atoms with Gasteiger partial charge in [0.15, 0.2) is 0 Å². The van der Waals surface area contributed by atoms with Gasteiger partial charge in [-0.3, -0.25) is 4.79 Å². The van der Waals surface area contributed by atoms with E-state index in [0.717, 1.165) is 16.9 Å². The lowest BCUT2D eigenvalue weighted by Crippen LogP contribution is -2.20. The molecule has 2 aromatic carbocycles. The quantitative estimate of drug-likeness (QED) is 0.562. The number of hydrogen-bond acceptors (Lipinski definition) is 2. The number of carbonyl (C=O) groups is 1. The summed E-state index contributed by atoms with van der Waals surface area (Å²) in [5.74, 6) is -0.574. The molecular formula is C20H18FN3O. The van der Waals surface area contributed by atoms with Crippen molar-refractivity contribution in [2.45, 2.75) is 13.3 Å². The lowest BCUT2D eigenvalue weighted by atomic mass is 10.1. The molecule has 0 saturated carbocycles. The first-order chi connectivity index (χ1) is 12.1. The normalized spacial score (nSPS) is 11.0. The van der Waals surface area contributed by atoms with Crippen molar-refractivity contribution in [3.8, 4) is 5.69 Å². The van der Waals surface area contributed by atoms with Gasteiger partial charge in [0.25, 0.3) is 0 Å². The van der Waals surface area contributed by atoms with Crippen LogP contribution in [0, 0.1) is 12.7 Å². The van der Waals surface area contributed by atoms with Crippen molar-refractivity contribution in [3.05, 3.63) is 89.5 Å². The van der Waals surface area contributed by atoms with Gasteiger partial charge in [0.1, 0.15) is 5.82 Å². The molecule has 0 unspecified atom stereocenters. The topological polar surface area (TPSA) is 46.4 Å². The van der Waals surface area contributed by atoms with Gasteiger partial charge in [0.2, 0.25) is 5.91 Å². The van der Waals surface area contributed by atoms with E-state index < -0.39 is 0 Å². The van der Waals surface area contributed by atoms with E-state index in [1.807, 2.05) is 48.0 Å². The van der Waals surface area contributed by atoms with Crippen molar-refractivity contribution >= 4 is 12.1 Å². The number of hydrogen-bond donors (Lipinski definition) is 1. The molecule has 5 heteroatoms. The van der Waals surface area contributed by atoms with Crippen molar-refractivity contribution in [1.29, 1.82) is 0 Å². The molecule has 0 atom stereocenters. The van der Waals surface area contributed by atoms with E-state index in [-0.39, 0.29) is 18.1 Å². The molecule has 0 radical (unpaired) electrons. The molecule has 3 aromatic rings. The third kappa shape index (κ3) is 4.41. The van der Waals surface area contributed by atoms with Crippen LogP contribution in [0.4, 0.5) is 4.39 Å². The zero-order chi connectivity index (χ0) is 17.6. The number of aryl methyl sites for hydroxylation is 1. The van der Waals surface area contributed by atoms with Crippen LogP contribution in [0.15, 0.2) is 72.0 Å². The summed E-state index contributed by atoms with van der Waals surface area (Å²) in [4.78, 5) is 11.9. The molecule has 3 rings (SSSR count). The minimum absolute atomic E-state index is 0.149. The molecule has 1 N–H and O–H groups in total. The molecule has 0 bridgehead atoms. The molecule has 1 aromatic heterocycles. The highest BCUT2D eigenvalue weighted by Gasteiger charge is 2.04. The lowest BCUT2D eigenvalue weighted by molar-refractivity contribution is -0.120. The fraction of sp³-hybridized carbons (Fsp3) is 0.100. The molecule has 0 aliphatic rings. The third-order valence-electron chi connectivity index (χ3n) is 3.72. The summed E-state index contributed by atoms with van der Waals surface area (Å²) in [5.41, 5.74) is 6.29. The molecule has 0 aliphatic carbocycles. The maximum atomic E-state index is 12.9. The highest BCUT2D eigenvalue weighted by Crippen LogP contribution is 2.13. The van der Waals surface area contributed by atoms with Crippen LogP contribution < -0.4 is 5.43 Å². The van der Waals surface area contributed by atoms with E-state index in [4.69, 9.17) is 0 Å². The number of nitrogens with zero attached hydrogens (tertiary/aromatic N) is 2. The molecule has 1 amide bonds. The second-order valence-electron chi connectivity index (χ2n) is 5.74. The second-order valence-corrected chi connectivity index (χ2v) is 5.74. The van der Waals surface area contributed by atoms with Crippen molar-refractivity contribution in [2.75, 3.05) is 0 Å². The maximum Gasteiger partial charge on any atom is 0.244 e. The van der Waals surface area contributed by atoms with Gasteiger partial charge in [-0.2, -0.15) is 5.10 Å². The molecule has 0 aliphatic heterocycles. The third-order valence-corrected chi connectivity index (χ3v) is 3.72. The Morgan fingerprint density at radius 1 is 1.16 bits per heavy atom. The summed E-state index contributed by atoms with van der Waals surface area (Å²) >= 11 is 0. The van der Waals surface area contributed by atoms with Gasteiger partial charge in [-0.15, -0.1) is 0 Å². The number of nitrogens with one attached hydrogen (secondary N) is 1. The minimum atomic E-state index is -0.320. The number of rotatable bonds is 5. The minimum Gasteiger partial charge on any atom is -0.316 e. The number of amides is 1. The Morgan fingerprint density at radius 2 is 1.96 bits per heavy atom. The van der Waals surface area contributed by atoms with Gasteiger partial charge in [-0.1, -0.05) is 24.3 Å². The van der Waals surface area contributed by atoms with Crippen LogP contribution in [-0.2, 0) is 11.2 Å². The first kappa shape index (κ1) is 16.6. The molecule has 1 heterocycles. The molecule has 4 nitrogen and oxygen atoms in total. The Morgan fingerprint density at radius 3 is 2.72 bits per heavy atom. The van der Waals surface area contributed by atoms with E-state index in [0.29, 0.717) is 0 Å². The molecule has 25 heavy (non-hydrogen) atoms. The maximum absolute atomic E-state index is 12.9. The Kier molecular flexibility index (Phi) is 5.04. The van der Waals surface area contributed by atoms with Crippen LogP contribution in [0.1, 0.15) is 16.8 Å². The predicted molar refractivity (Wildman–Crippen MR) is 96.3 cm³/mol. The number of aromatic nitrogens is 1. The number of carbonyl (C=O) groups excluding carboxylic acids is 1. The van der Waals surface area contributed by atoms with Crippen LogP contribution in [0.25, 0.3) is 5.69 Å². The summed E-state index contributed by atoms with van der Waals surface area (Å²) in [6, 6.07) is 17.8. The van der Waals surface area contributed by atoms with Gasteiger partial charge < -0.3 is 4.57 Å². The largest absolute Gasteiger partial charge is 0.316 e. The zero-order valence-electron chi connectivity index (χ0n) is 13.8. The van der Waals surface area contributed by atoms with Crippen LogP contribution in [0.2, 0.25) is 0 Å². The van der Waals surface area contributed by atoms with E-state index in [1.54, 1.807) is 18.3 Å². The van der Waals surface area contributed by atoms with Crippen LogP contribution >= 0.6 is 0 Å². The lowest BCUT2D eigenvalue weighted by Gasteiger charge is -2.07. The smallest absolute Gasteiger partial charge is 0.244 e. The SMILES string of the molecule is Cc1cccc(-n2cccc2/C=N/NC(=O)Cc2ccc(F)cc2)c1. The Labute approximate surface area is 145 Å². The molecule has 126 valence electrons. The highest BCUT2D eigenvalue weighted by atomic mass is 19.1. The summed E-state index contributed by atoms with van der Waals surface area (Å²) in [6.07, 6.45) is 3.69. The zero-order valence-corrected chi connectivity index (χ0v) is 13.8. The monoisotopic (exact) mass is 335 g/mol. The number of halogens is 1. The second kappa shape index (κ2) is 7.57. The van der Waals surface area contributed by atoms with Crippen LogP contribution in [-0.4, -0.2) is 16.7 Å². The molecule has 0 saturated heterocycles. The average molecular weight is 335 g/mol. The standard InChI is InChI=1S/C20H18FN3O/c1-15-4-2-5-18(12-15)24-11-3-6-19(24)14-22-23-20(25)13-16-7-9-17(21)10-8-16/h2-12,14H,13H2,1H3,(H,23,25)/b22-14+. The van der Waals surface area contributed by atoms with E-state index >= 15 is 0 Å². The highest BCUT2D eigenvalue weighted by molar-refractivity contribution is 5.82. The Hall–Kier alpha value is -3.21. The van der Waals surface area contributed by atoms with Crippen molar-refractivity contribution in [1.82, 2.24) is 9.99 Å². The Bertz CT molecular complexity index is 897. The van der Waals surface area contributed by atoms with Crippen LogP contribution in [0.5, 0.6) is 0 Å².